The summed E-state index contributed by atoms with van der Waals surface area (Å²) in [6.07, 6.45) is 4.52. The second-order valence-electron chi connectivity index (χ2n) is 1.65. The molecule has 0 bridgehead atoms. The molecule has 0 saturated carbocycles. The summed E-state index contributed by atoms with van der Waals surface area (Å²) in [4.78, 5) is 10.7. The Labute approximate surface area is 55.4 Å². The minimum absolute atomic E-state index is 0.0464. The number of allylic oxidation sites excluding steroid dienone is 4. The van der Waals surface area contributed by atoms with Crippen molar-refractivity contribution in [2.75, 3.05) is 0 Å². The molecule has 0 aromatic carbocycles. The highest BCUT2D eigenvalue weighted by Gasteiger charge is 1.93. The standard InChI is InChI=1S/C8H10O/c1-4-6-7(3)8(9)5-2/h4-6H,1-2H2,3H3. The van der Waals surface area contributed by atoms with Gasteiger partial charge < -0.3 is 0 Å². The molecule has 1 nitrogen and oxygen atoms in total. The van der Waals surface area contributed by atoms with Crippen molar-refractivity contribution in [1.82, 2.24) is 0 Å². The van der Waals surface area contributed by atoms with Crippen molar-refractivity contribution in [1.29, 1.82) is 0 Å². The molecule has 0 aliphatic rings. The number of carbonyl (C=O) groups excluding carboxylic acids is 1. The lowest BCUT2D eigenvalue weighted by molar-refractivity contribution is -0.111. The first kappa shape index (κ1) is 7.89. The maximum absolute atomic E-state index is 10.7. The van der Waals surface area contributed by atoms with Gasteiger partial charge in [0.2, 0.25) is 0 Å². The quantitative estimate of drug-likeness (QED) is 0.412. The summed E-state index contributed by atoms with van der Waals surface area (Å²) in [5.74, 6) is -0.0464. The fourth-order valence-corrected chi connectivity index (χ4v) is 0.420. The third-order valence-electron chi connectivity index (χ3n) is 0.942. The first-order valence-corrected chi connectivity index (χ1v) is 2.68. The second kappa shape index (κ2) is 3.84. The first-order valence-electron chi connectivity index (χ1n) is 2.68. The maximum Gasteiger partial charge on any atom is 0.180 e. The summed E-state index contributed by atoms with van der Waals surface area (Å²) in [6, 6.07) is 0. The normalized spacial score (nSPS) is 10.6. The third kappa shape index (κ3) is 2.65. The summed E-state index contributed by atoms with van der Waals surface area (Å²) in [5, 5.41) is 0. The van der Waals surface area contributed by atoms with Crippen LogP contribution < -0.4 is 0 Å². The van der Waals surface area contributed by atoms with Gasteiger partial charge in [0.05, 0.1) is 0 Å². The molecule has 0 unspecified atom stereocenters. The van der Waals surface area contributed by atoms with E-state index in [1.165, 1.54) is 6.08 Å². The molecular formula is C8H10O. The van der Waals surface area contributed by atoms with Crippen LogP contribution in [0.4, 0.5) is 0 Å². The SMILES string of the molecule is C=CC=C(C)C(=O)C=C. The highest BCUT2D eigenvalue weighted by molar-refractivity contribution is 6.03. The van der Waals surface area contributed by atoms with E-state index in [4.69, 9.17) is 0 Å². The van der Waals surface area contributed by atoms with Gasteiger partial charge in [0.1, 0.15) is 0 Å². The maximum atomic E-state index is 10.7. The van der Waals surface area contributed by atoms with E-state index in [2.05, 4.69) is 13.2 Å². The van der Waals surface area contributed by atoms with Crippen LogP contribution >= 0.6 is 0 Å². The number of hydrogen-bond acceptors (Lipinski definition) is 1. The van der Waals surface area contributed by atoms with Crippen LogP contribution in [0.25, 0.3) is 0 Å². The smallest absolute Gasteiger partial charge is 0.180 e. The van der Waals surface area contributed by atoms with Crippen LogP contribution in [-0.2, 0) is 4.79 Å². The van der Waals surface area contributed by atoms with Gasteiger partial charge in [-0.3, -0.25) is 4.79 Å². The molecule has 0 amide bonds. The second-order valence-corrected chi connectivity index (χ2v) is 1.65. The molecule has 0 fully saturated rings. The highest BCUT2D eigenvalue weighted by atomic mass is 16.1. The Morgan fingerprint density at radius 3 is 2.33 bits per heavy atom. The van der Waals surface area contributed by atoms with Crippen molar-refractivity contribution in [2.45, 2.75) is 6.92 Å². The van der Waals surface area contributed by atoms with E-state index in [0.717, 1.165) is 0 Å². The molecule has 0 atom stereocenters. The lowest BCUT2D eigenvalue weighted by Crippen LogP contribution is -1.91. The summed E-state index contributed by atoms with van der Waals surface area (Å²) in [6.45, 7) is 8.52. The fraction of sp³-hybridized carbons (Fsp3) is 0.125. The molecule has 9 heavy (non-hydrogen) atoms. The molecule has 0 aromatic heterocycles. The van der Waals surface area contributed by atoms with Crippen LogP contribution in [0, 0.1) is 0 Å². The van der Waals surface area contributed by atoms with Crippen molar-refractivity contribution in [3.05, 3.63) is 37.0 Å². The van der Waals surface area contributed by atoms with E-state index in [1.807, 2.05) is 0 Å². The van der Waals surface area contributed by atoms with Crippen molar-refractivity contribution in [3.63, 3.8) is 0 Å². The average molecular weight is 122 g/mol. The molecule has 0 heterocycles. The van der Waals surface area contributed by atoms with Gasteiger partial charge in [0, 0.05) is 0 Å². The van der Waals surface area contributed by atoms with E-state index >= 15 is 0 Å². The summed E-state index contributed by atoms with van der Waals surface area (Å²) in [5.41, 5.74) is 0.667. The van der Waals surface area contributed by atoms with Gasteiger partial charge in [-0.2, -0.15) is 0 Å². The molecule has 0 spiro atoms. The largest absolute Gasteiger partial charge is 0.290 e. The van der Waals surface area contributed by atoms with Gasteiger partial charge >= 0.3 is 0 Å². The molecule has 0 N–H and O–H groups in total. The molecule has 0 aromatic rings. The number of hydrogen-bond donors (Lipinski definition) is 0. The first-order chi connectivity index (χ1) is 4.22. The zero-order valence-corrected chi connectivity index (χ0v) is 5.55. The topological polar surface area (TPSA) is 17.1 Å². The van der Waals surface area contributed by atoms with E-state index < -0.39 is 0 Å². The number of ketones is 1. The Kier molecular flexibility index (Phi) is 3.37. The van der Waals surface area contributed by atoms with Crippen molar-refractivity contribution >= 4 is 5.78 Å². The zero-order chi connectivity index (χ0) is 7.28. The van der Waals surface area contributed by atoms with E-state index in [1.54, 1.807) is 19.1 Å². The Hall–Kier alpha value is -1.11. The zero-order valence-electron chi connectivity index (χ0n) is 5.55. The molecule has 0 aliphatic carbocycles. The van der Waals surface area contributed by atoms with E-state index in [-0.39, 0.29) is 5.78 Å². The van der Waals surface area contributed by atoms with Crippen LogP contribution in [-0.4, -0.2) is 5.78 Å². The van der Waals surface area contributed by atoms with E-state index in [9.17, 15) is 4.79 Å². The minimum Gasteiger partial charge on any atom is -0.290 e. The molecule has 0 rings (SSSR count). The Morgan fingerprint density at radius 1 is 1.44 bits per heavy atom. The summed E-state index contributed by atoms with van der Waals surface area (Å²) >= 11 is 0. The van der Waals surface area contributed by atoms with Gasteiger partial charge in [0.25, 0.3) is 0 Å². The van der Waals surface area contributed by atoms with Gasteiger partial charge in [-0.15, -0.1) is 0 Å². The van der Waals surface area contributed by atoms with Crippen LogP contribution in [0.1, 0.15) is 6.92 Å². The fourth-order valence-electron chi connectivity index (χ4n) is 0.420. The van der Waals surface area contributed by atoms with Crippen molar-refractivity contribution < 1.29 is 4.79 Å². The molecule has 0 radical (unpaired) electrons. The monoisotopic (exact) mass is 122 g/mol. The molecular weight excluding hydrogens is 112 g/mol. The summed E-state index contributed by atoms with van der Waals surface area (Å²) in [7, 11) is 0. The predicted octanol–water partition coefficient (Wildman–Crippen LogP) is 1.87. The van der Waals surface area contributed by atoms with Crippen molar-refractivity contribution in [2.24, 2.45) is 0 Å². The lowest BCUT2D eigenvalue weighted by atomic mass is 10.2. The van der Waals surface area contributed by atoms with E-state index in [0.29, 0.717) is 5.57 Å². The number of carbonyl (C=O) groups is 1. The molecule has 1 heteroatoms. The minimum atomic E-state index is -0.0464. The summed E-state index contributed by atoms with van der Waals surface area (Å²) < 4.78 is 0. The van der Waals surface area contributed by atoms with Gasteiger partial charge in [0.15, 0.2) is 5.78 Å². The molecule has 48 valence electrons. The van der Waals surface area contributed by atoms with Crippen LogP contribution in [0.5, 0.6) is 0 Å². The van der Waals surface area contributed by atoms with Gasteiger partial charge in [-0.1, -0.05) is 25.3 Å². The lowest BCUT2D eigenvalue weighted by Gasteiger charge is -1.88. The Bertz CT molecular complexity index is 163. The van der Waals surface area contributed by atoms with Crippen LogP contribution in [0.2, 0.25) is 0 Å². The molecule has 0 aliphatic heterocycles. The highest BCUT2D eigenvalue weighted by Crippen LogP contribution is 1.94. The van der Waals surface area contributed by atoms with Crippen molar-refractivity contribution in [3.8, 4) is 0 Å². The van der Waals surface area contributed by atoms with Gasteiger partial charge in [-0.25, -0.2) is 0 Å². The number of rotatable bonds is 3. The van der Waals surface area contributed by atoms with Gasteiger partial charge in [-0.05, 0) is 18.6 Å². The Balaban J connectivity index is 4.18. The molecule has 0 saturated heterocycles. The average Bonchev–Trinajstić information content (AvgIpc) is 1.87. The predicted molar refractivity (Wildman–Crippen MR) is 39.2 cm³/mol. The Morgan fingerprint density at radius 2 is 2.00 bits per heavy atom. The third-order valence-corrected chi connectivity index (χ3v) is 0.942. The van der Waals surface area contributed by atoms with Crippen LogP contribution in [0.3, 0.4) is 0 Å². The van der Waals surface area contributed by atoms with Crippen LogP contribution in [0.15, 0.2) is 37.0 Å².